The van der Waals surface area contributed by atoms with Gasteiger partial charge >= 0.3 is 23.5 Å². The zero-order valence-electron chi connectivity index (χ0n) is 26.3. The van der Waals surface area contributed by atoms with E-state index in [0.29, 0.717) is 28.3 Å². The van der Waals surface area contributed by atoms with Gasteiger partial charge in [-0.2, -0.15) is 8.62 Å². The third kappa shape index (κ3) is 9.26. The topological polar surface area (TPSA) is 246 Å². The summed E-state index contributed by atoms with van der Waals surface area (Å²) in [5.41, 5.74) is 8.24. The molecule has 0 saturated carbocycles. The average Bonchev–Trinajstić information content (AvgIpc) is 3.76. The molecule has 0 amide bonds. The summed E-state index contributed by atoms with van der Waals surface area (Å²) in [7, 11) is -16.4. The molecule has 2 aromatic heterocycles. The Morgan fingerprint density at radius 3 is 2.18 bits per heavy atom. The summed E-state index contributed by atoms with van der Waals surface area (Å²) in [6.07, 6.45) is -1.76. The molecular formula is C28H34N5O13P3S. The fourth-order valence-corrected chi connectivity index (χ4v) is 9.44. The molecule has 2 aliphatic heterocycles. The minimum absolute atomic E-state index is 0.166. The van der Waals surface area contributed by atoms with Gasteiger partial charge in [0.05, 0.1) is 19.5 Å². The van der Waals surface area contributed by atoms with Crippen LogP contribution >= 0.6 is 35.2 Å². The van der Waals surface area contributed by atoms with Crippen molar-refractivity contribution in [2.75, 3.05) is 18.1 Å². The first kappa shape index (κ1) is 37.2. The fourth-order valence-electron chi connectivity index (χ4n) is 5.24. The minimum Gasteiger partial charge on any atom is -0.382 e. The molecule has 2 aromatic carbocycles. The Labute approximate surface area is 290 Å². The zero-order chi connectivity index (χ0) is 35.5. The lowest BCUT2D eigenvalue weighted by atomic mass is 10.1. The largest absolute Gasteiger partial charge is 0.490 e. The number of aromatic nitrogens is 4. The second kappa shape index (κ2) is 15.6. The predicted octanol–water partition coefficient (Wildman–Crippen LogP) is 4.73. The summed E-state index contributed by atoms with van der Waals surface area (Å²) in [5, 5.41) is 0.436. The summed E-state index contributed by atoms with van der Waals surface area (Å²) >= 11 is 1.42. The van der Waals surface area contributed by atoms with Gasteiger partial charge in [0, 0.05) is 12.2 Å². The summed E-state index contributed by atoms with van der Waals surface area (Å²) in [6.45, 7) is 0.837. The standard InChI is InChI=1S/C28H34N5O13P3S/c1-2-13-50-28-31-25(29)22-26(32-28)33(17-30-22)27-24-23(43-21(44-24)14-18-9-5-3-6-10-18)20(42-27)16-41-48(36,37)46-49(38,39)45-47(34,35)40-15-19-11-7-4-8-12-19/h3-12,17,20-21,23-24,27H,2,13-16H2,1H3,(H,34,35)(H,36,37)(H,38,39)(H2,29,31,32)/t20-,21?,23+,24?,27-/m1/s1. The number of phosphoric ester groups is 2. The van der Waals surface area contributed by atoms with Crippen molar-refractivity contribution in [3.8, 4) is 0 Å². The minimum atomic E-state index is -5.70. The van der Waals surface area contributed by atoms with E-state index in [2.05, 4.69) is 23.6 Å². The predicted molar refractivity (Wildman–Crippen MR) is 177 cm³/mol. The number of rotatable bonds is 16. The van der Waals surface area contributed by atoms with Gasteiger partial charge in [0.1, 0.15) is 23.8 Å². The van der Waals surface area contributed by atoms with Crippen LogP contribution in [0.2, 0.25) is 0 Å². The van der Waals surface area contributed by atoms with Gasteiger partial charge in [-0.25, -0.2) is 28.6 Å². The smallest absolute Gasteiger partial charge is 0.382 e. The number of nitrogens with two attached hydrogens (primary N) is 1. The molecule has 0 aliphatic carbocycles. The van der Waals surface area contributed by atoms with Crippen molar-refractivity contribution in [3.05, 3.63) is 78.1 Å². The first-order valence-electron chi connectivity index (χ1n) is 15.2. The molecule has 2 fully saturated rings. The first-order chi connectivity index (χ1) is 23.8. The van der Waals surface area contributed by atoms with Crippen molar-refractivity contribution in [3.63, 3.8) is 0 Å². The van der Waals surface area contributed by atoms with Gasteiger partial charge in [-0.1, -0.05) is 79.3 Å². The Morgan fingerprint density at radius 1 is 0.860 bits per heavy atom. The SMILES string of the molecule is CCCSc1nc(N)c2ncn([C@@H]3O[C@H](COP(=O)(O)OP(=O)(O)OP(=O)(O)OCc4ccccc4)[C@@H]4OC(Cc5ccccc5)OC43)c2n1. The molecule has 18 nitrogen and oxygen atoms in total. The maximum Gasteiger partial charge on any atom is 0.490 e. The van der Waals surface area contributed by atoms with Crippen molar-refractivity contribution in [2.24, 2.45) is 0 Å². The Hall–Kier alpha value is -2.57. The normalized spacial score (nSPS) is 25.6. The molecule has 5 unspecified atom stereocenters. The van der Waals surface area contributed by atoms with Crippen LogP contribution in [-0.2, 0) is 58.6 Å². The van der Waals surface area contributed by atoms with Gasteiger partial charge < -0.3 is 34.6 Å². The lowest BCUT2D eigenvalue weighted by molar-refractivity contribution is -0.149. The van der Waals surface area contributed by atoms with E-state index in [-0.39, 0.29) is 5.82 Å². The molecule has 2 aliphatic rings. The van der Waals surface area contributed by atoms with Gasteiger partial charge in [0.25, 0.3) is 0 Å². The highest BCUT2D eigenvalue weighted by Crippen LogP contribution is 2.68. The van der Waals surface area contributed by atoms with Gasteiger partial charge in [-0.05, 0) is 17.5 Å². The molecule has 6 rings (SSSR count). The number of imidazole rings is 1. The van der Waals surface area contributed by atoms with Crippen molar-refractivity contribution >= 4 is 52.2 Å². The molecule has 0 spiro atoms. The van der Waals surface area contributed by atoms with E-state index in [9.17, 15) is 28.4 Å². The summed E-state index contributed by atoms with van der Waals surface area (Å²) in [4.78, 5) is 43.6. The van der Waals surface area contributed by atoms with Crippen LogP contribution in [0.1, 0.15) is 30.7 Å². The van der Waals surface area contributed by atoms with Crippen LogP contribution in [0.3, 0.4) is 0 Å². The summed E-state index contributed by atoms with van der Waals surface area (Å²) in [5.74, 6) is 0.923. The number of nitrogens with zero attached hydrogens (tertiary/aromatic N) is 4. The van der Waals surface area contributed by atoms with Crippen LogP contribution in [0.25, 0.3) is 11.2 Å². The van der Waals surface area contributed by atoms with Crippen LogP contribution in [0.15, 0.2) is 72.1 Å². The highest BCUT2D eigenvalue weighted by atomic mass is 32.2. The van der Waals surface area contributed by atoms with Crippen molar-refractivity contribution in [2.45, 2.75) is 62.4 Å². The van der Waals surface area contributed by atoms with Crippen molar-refractivity contribution in [1.82, 2.24) is 19.5 Å². The van der Waals surface area contributed by atoms with Crippen molar-refractivity contribution in [1.29, 1.82) is 0 Å². The van der Waals surface area contributed by atoms with Gasteiger partial charge in [-0.15, -0.1) is 0 Å². The van der Waals surface area contributed by atoms with Gasteiger partial charge in [0.2, 0.25) is 0 Å². The lowest BCUT2D eigenvalue weighted by Crippen LogP contribution is -2.31. The molecule has 0 bridgehead atoms. The number of nitrogen functional groups attached to an aromatic ring is 1. The van der Waals surface area contributed by atoms with Crippen LogP contribution < -0.4 is 5.73 Å². The summed E-state index contributed by atoms with van der Waals surface area (Å²) in [6, 6.07) is 17.5. The first-order valence-corrected chi connectivity index (χ1v) is 20.7. The number of phosphoric acid groups is 3. The Kier molecular flexibility index (Phi) is 11.6. The molecule has 4 heterocycles. The Bertz CT molecular complexity index is 1930. The van der Waals surface area contributed by atoms with Gasteiger partial charge in [-0.3, -0.25) is 13.6 Å². The molecular weight excluding hydrogens is 739 g/mol. The quantitative estimate of drug-likeness (QED) is 0.0683. The number of hydrogen-bond acceptors (Lipinski definition) is 15. The highest BCUT2D eigenvalue weighted by Gasteiger charge is 2.54. The van der Waals surface area contributed by atoms with Crippen LogP contribution in [0, 0.1) is 0 Å². The number of anilines is 1. The second-order valence-corrected chi connectivity index (χ2v) is 16.8. The Balaban J connectivity index is 1.17. The van der Waals surface area contributed by atoms with Crippen LogP contribution in [0.5, 0.6) is 0 Å². The van der Waals surface area contributed by atoms with E-state index in [1.54, 1.807) is 34.9 Å². The van der Waals surface area contributed by atoms with Crippen molar-refractivity contribution < 1.29 is 60.3 Å². The molecule has 5 N–H and O–H groups in total. The van der Waals surface area contributed by atoms with E-state index in [0.717, 1.165) is 17.7 Å². The highest BCUT2D eigenvalue weighted by molar-refractivity contribution is 7.99. The number of thioether (sulfide) groups is 1. The summed E-state index contributed by atoms with van der Waals surface area (Å²) < 4.78 is 76.1. The molecule has 22 heteroatoms. The van der Waals surface area contributed by atoms with Crippen LogP contribution in [-0.4, -0.2) is 71.2 Å². The number of benzene rings is 2. The number of ether oxygens (including phenoxy) is 3. The molecule has 0 radical (unpaired) electrons. The maximum absolute atomic E-state index is 12.8. The lowest BCUT2D eigenvalue weighted by Gasteiger charge is -2.22. The Morgan fingerprint density at radius 2 is 1.50 bits per heavy atom. The average molecular weight is 774 g/mol. The number of hydrogen-bond donors (Lipinski definition) is 4. The molecule has 2 saturated heterocycles. The monoisotopic (exact) mass is 773 g/mol. The third-order valence-corrected chi connectivity index (χ3v) is 12.6. The molecule has 8 atom stereocenters. The van der Waals surface area contributed by atoms with E-state index in [1.807, 2.05) is 37.3 Å². The zero-order valence-corrected chi connectivity index (χ0v) is 29.8. The van der Waals surface area contributed by atoms with E-state index >= 15 is 0 Å². The van der Waals surface area contributed by atoms with Gasteiger partial charge in [0.15, 0.2) is 29.1 Å². The molecule has 4 aromatic rings. The molecule has 50 heavy (non-hydrogen) atoms. The molecule has 270 valence electrons. The maximum atomic E-state index is 12.8. The van der Waals surface area contributed by atoms with Crippen LogP contribution in [0.4, 0.5) is 5.82 Å². The fraction of sp³-hybridized carbons (Fsp3) is 0.393. The van der Waals surface area contributed by atoms with E-state index in [1.165, 1.54) is 18.1 Å². The second-order valence-electron chi connectivity index (χ2n) is 11.1. The van der Waals surface area contributed by atoms with E-state index < -0.39 is 67.5 Å². The third-order valence-electron chi connectivity index (χ3n) is 7.34. The van der Waals surface area contributed by atoms with E-state index in [4.69, 9.17) is 29.0 Å². The number of fused-ring (bicyclic) bond motifs is 2.